The molecule has 0 radical (unpaired) electrons. The van der Waals surface area contributed by atoms with Crippen molar-refractivity contribution in [1.29, 1.82) is 0 Å². The Kier molecular flexibility index (Phi) is 4.15. The van der Waals surface area contributed by atoms with Crippen LogP contribution >= 0.6 is 0 Å². The van der Waals surface area contributed by atoms with Crippen LogP contribution in [-0.4, -0.2) is 28.8 Å². The van der Waals surface area contributed by atoms with Crippen LogP contribution in [0.2, 0.25) is 24.1 Å². The zero-order valence-electron chi connectivity index (χ0n) is 11.6. The fourth-order valence-corrected chi connectivity index (χ4v) is 9.78. The average molecular weight is 325 g/mol. The van der Waals surface area contributed by atoms with Gasteiger partial charge in [0.2, 0.25) is 0 Å². The van der Waals surface area contributed by atoms with E-state index in [2.05, 4.69) is 50.0 Å². The molecule has 1 unspecified atom stereocenters. The maximum absolute atomic E-state index is 11.5. The van der Waals surface area contributed by atoms with Gasteiger partial charge in [0.25, 0.3) is 0 Å². The Labute approximate surface area is 118 Å². The van der Waals surface area contributed by atoms with Crippen LogP contribution in [-0.2, 0) is 4.79 Å². The first-order chi connectivity index (χ1) is 8.39. The van der Waals surface area contributed by atoms with Gasteiger partial charge < -0.3 is 0 Å². The van der Waals surface area contributed by atoms with Crippen molar-refractivity contribution >= 4 is 33.3 Å². The predicted molar refractivity (Wildman–Crippen MR) is 81.2 cm³/mol. The van der Waals surface area contributed by atoms with Crippen LogP contribution < -0.4 is 4.46 Å². The summed E-state index contributed by atoms with van der Waals surface area (Å²) in [7, 11) is -1.18. The molecule has 0 spiro atoms. The molecule has 0 N–H and O–H groups in total. The Balaban J connectivity index is 2.11. The molecule has 0 aromatic heterocycles. The number of ketones is 1. The first-order valence-corrected chi connectivity index (χ1v) is 12.0. The van der Waals surface area contributed by atoms with Gasteiger partial charge >= 0.3 is 118 Å². The molecule has 98 valence electrons. The number of benzene rings is 1. The molecule has 1 nitrogen and oxygen atoms in total. The summed E-state index contributed by atoms with van der Waals surface area (Å²) in [6, 6.07) is 10.8. The maximum atomic E-state index is 11.5. The van der Waals surface area contributed by atoms with Crippen molar-refractivity contribution in [2.75, 3.05) is 0 Å². The SMILES string of the molecule is CC(=O)[C@H]1C[C@@H]1C([Se]c1ccccc1)[Si](C)(C)C. The fourth-order valence-electron chi connectivity index (χ4n) is 2.57. The molecule has 18 heavy (non-hydrogen) atoms. The topological polar surface area (TPSA) is 17.1 Å². The minimum absolute atomic E-state index is 0.382. The van der Waals surface area contributed by atoms with E-state index in [-0.39, 0.29) is 0 Å². The van der Waals surface area contributed by atoms with Gasteiger partial charge in [-0.1, -0.05) is 0 Å². The summed E-state index contributed by atoms with van der Waals surface area (Å²) in [6.07, 6.45) is 1.15. The molecule has 0 aliphatic heterocycles. The number of carbonyl (C=O) groups is 1. The normalized spacial score (nSPS) is 24.7. The number of hydrogen-bond acceptors (Lipinski definition) is 1. The van der Waals surface area contributed by atoms with Crippen molar-refractivity contribution in [3.05, 3.63) is 30.3 Å². The second-order valence-electron chi connectivity index (χ2n) is 6.33. The van der Waals surface area contributed by atoms with Crippen LogP contribution in [0.1, 0.15) is 13.3 Å². The van der Waals surface area contributed by atoms with E-state index in [1.165, 1.54) is 4.46 Å². The summed E-state index contributed by atoms with van der Waals surface area (Å²) in [5.41, 5.74) is 0. The van der Waals surface area contributed by atoms with Gasteiger partial charge in [-0.2, -0.15) is 0 Å². The molecule has 1 aromatic rings. The van der Waals surface area contributed by atoms with Crippen molar-refractivity contribution in [1.82, 2.24) is 0 Å². The first-order valence-electron chi connectivity index (χ1n) is 6.62. The Morgan fingerprint density at radius 2 is 1.89 bits per heavy atom. The van der Waals surface area contributed by atoms with E-state index in [1.54, 1.807) is 6.92 Å². The third-order valence-corrected chi connectivity index (χ3v) is 13.2. The summed E-state index contributed by atoms with van der Waals surface area (Å²) in [5.74, 6) is 1.48. The van der Waals surface area contributed by atoms with E-state index in [0.717, 1.165) is 10.9 Å². The van der Waals surface area contributed by atoms with E-state index in [1.807, 2.05) is 0 Å². The molecular weight excluding hydrogens is 303 g/mol. The summed E-state index contributed by atoms with van der Waals surface area (Å²) in [5, 5.41) is 0. The summed E-state index contributed by atoms with van der Waals surface area (Å²) in [6.45, 7) is 9.13. The Hall–Kier alpha value is -0.374. The monoisotopic (exact) mass is 326 g/mol. The van der Waals surface area contributed by atoms with Crippen LogP contribution in [0.3, 0.4) is 0 Å². The van der Waals surface area contributed by atoms with Gasteiger partial charge in [0.05, 0.1) is 0 Å². The molecule has 0 heterocycles. The van der Waals surface area contributed by atoms with Crippen molar-refractivity contribution in [3.63, 3.8) is 0 Å². The zero-order valence-corrected chi connectivity index (χ0v) is 14.4. The molecule has 3 atom stereocenters. The molecule has 2 rings (SSSR count). The Bertz CT molecular complexity index is 424. The van der Waals surface area contributed by atoms with Crippen molar-refractivity contribution in [2.24, 2.45) is 11.8 Å². The quantitative estimate of drug-likeness (QED) is 0.761. The molecule has 1 fully saturated rings. The summed E-state index contributed by atoms with van der Waals surface area (Å²) >= 11 is 0.528. The van der Waals surface area contributed by atoms with E-state index >= 15 is 0 Å². The van der Waals surface area contributed by atoms with Crippen molar-refractivity contribution in [3.8, 4) is 0 Å². The van der Waals surface area contributed by atoms with Crippen LogP contribution in [0.5, 0.6) is 0 Å². The minimum atomic E-state index is -1.18. The summed E-state index contributed by atoms with van der Waals surface area (Å²) < 4.78 is 2.30. The van der Waals surface area contributed by atoms with Crippen LogP contribution in [0, 0.1) is 11.8 Å². The average Bonchev–Trinajstić information content (AvgIpc) is 3.05. The molecule has 0 bridgehead atoms. The third kappa shape index (κ3) is 3.34. The molecule has 1 aliphatic rings. The van der Waals surface area contributed by atoms with E-state index in [4.69, 9.17) is 0 Å². The molecule has 0 saturated heterocycles. The standard InChI is InChI=1S/C15H22OSeSi/c1-11(16)13-10-14(13)15(18(2,3)4)17-12-8-6-5-7-9-12/h5-9,13-15H,10H2,1-4H3/t13-,14+,15?/m1/s1. The van der Waals surface area contributed by atoms with Gasteiger partial charge in [0, 0.05) is 0 Å². The van der Waals surface area contributed by atoms with E-state index in [0.29, 0.717) is 32.6 Å². The number of Topliss-reactive ketones (excluding diaryl/α,β-unsaturated/α-hetero) is 1. The van der Waals surface area contributed by atoms with Gasteiger partial charge in [-0.15, -0.1) is 0 Å². The number of carbonyl (C=O) groups excluding carboxylic acids is 1. The number of rotatable bonds is 5. The third-order valence-electron chi connectivity index (χ3n) is 3.61. The second-order valence-corrected chi connectivity index (χ2v) is 15.2. The predicted octanol–water partition coefficient (Wildman–Crippen LogP) is 2.91. The van der Waals surface area contributed by atoms with Gasteiger partial charge in [0.1, 0.15) is 0 Å². The van der Waals surface area contributed by atoms with Gasteiger partial charge in [0.15, 0.2) is 0 Å². The Morgan fingerprint density at radius 1 is 1.28 bits per heavy atom. The fraction of sp³-hybridized carbons (Fsp3) is 0.533. The molecular formula is C15H22OSeSi. The Morgan fingerprint density at radius 3 is 2.33 bits per heavy atom. The molecule has 1 aromatic carbocycles. The van der Waals surface area contributed by atoms with Gasteiger partial charge in [-0.05, 0) is 0 Å². The van der Waals surface area contributed by atoms with E-state index in [9.17, 15) is 4.79 Å². The molecule has 1 aliphatic carbocycles. The van der Waals surface area contributed by atoms with Crippen LogP contribution in [0.25, 0.3) is 0 Å². The van der Waals surface area contributed by atoms with Crippen molar-refractivity contribution < 1.29 is 4.79 Å². The van der Waals surface area contributed by atoms with E-state index < -0.39 is 8.07 Å². The molecule has 3 heteroatoms. The van der Waals surface area contributed by atoms with Crippen LogP contribution in [0.4, 0.5) is 0 Å². The second kappa shape index (κ2) is 5.32. The zero-order chi connectivity index (χ0) is 13.3. The van der Waals surface area contributed by atoms with Crippen molar-refractivity contribution in [2.45, 2.75) is 37.4 Å². The van der Waals surface area contributed by atoms with Gasteiger partial charge in [-0.3, -0.25) is 0 Å². The molecule has 0 amide bonds. The number of hydrogen-bond donors (Lipinski definition) is 0. The summed E-state index contributed by atoms with van der Waals surface area (Å²) in [4.78, 5) is 11.5. The van der Waals surface area contributed by atoms with Crippen LogP contribution in [0.15, 0.2) is 30.3 Å². The molecule has 1 saturated carbocycles. The van der Waals surface area contributed by atoms with Gasteiger partial charge in [-0.25, -0.2) is 0 Å². The first kappa shape index (κ1) is 14.0.